The Kier molecular flexibility index (Phi) is 3.61. The minimum Gasteiger partial charge on any atom is -0.297 e. The van der Waals surface area contributed by atoms with Crippen LogP contribution in [0.1, 0.15) is 37.8 Å². The van der Waals surface area contributed by atoms with E-state index in [4.69, 9.17) is 11.6 Å². The second-order valence-electron chi connectivity index (χ2n) is 5.04. The molecule has 6 nitrogen and oxygen atoms in total. The van der Waals surface area contributed by atoms with Crippen LogP contribution in [-0.2, 0) is 9.84 Å². The van der Waals surface area contributed by atoms with E-state index < -0.39 is 27.1 Å². The van der Waals surface area contributed by atoms with Crippen molar-refractivity contribution < 1.29 is 8.42 Å². The first-order valence-electron chi connectivity index (χ1n) is 5.97. The van der Waals surface area contributed by atoms with E-state index in [0.29, 0.717) is 5.56 Å². The lowest BCUT2D eigenvalue weighted by Gasteiger charge is -2.15. The molecule has 1 aliphatic heterocycles. The molecule has 0 aliphatic carbocycles. The van der Waals surface area contributed by atoms with E-state index >= 15 is 0 Å². The van der Waals surface area contributed by atoms with E-state index in [0.717, 1.165) is 4.57 Å². The summed E-state index contributed by atoms with van der Waals surface area (Å²) in [6.07, 6.45) is 0.282. The fraction of sp³-hybridized carbons (Fsp3) is 0.636. The number of hydrogen-bond acceptors (Lipinski definition) is 4. The summed E-state index contributed by atoms with van der Waals surface area (Å²) in [5, 5.41) is 0.0297. The van der Waals surface area contributed by atoms with Crippen molar-refractivity contribution in [3.05, 3.63) is 31.6 Å². The summed E-state index contributed by atoms with van der Waals surface area (Å²) >= 11 is 5.88. The van der Waals surface area contributed by atoms with Crippen molar-refractivity contribution in [2.75, 3.05) is 11.5 Å². The molecule has 1 aliphatic rings. The minimum atomic E-state index is -3.17. The molecule has 0 amide bonds. The topological polar surface area (TPSA) is 89.0 Å². The number of hydrogen-bond donors (Lipinski definition) is 1. The summed E-state index contributed by atoms with van der Waals surface area (Å²) in [6.45, 7) is 3.58. The second-order valence-corrected chi connectivity index (χ2v) is 7.65. The quantitative estimate of drug-likeness (QED) is 0.813. The molecular weight excluding hydrogens is 292 g/mol. The zero-order valence-electron chi connectivity index (χ0n) is 10.6. The van der Waals surface area contributed by atoms with Gasteiger partial charge in [-0.05, 0) is 12.3 Å². The maximum Gasteiger partial charge on any atom is 0.329 e. The molecule has 2 rings (SSSR count). The highest BCUT2D eigenvalue weighted by atomic mass is 35.5. The van der Waals surface area contributed by atoms with Gasteiger partial charge in [0.15, 0.2) is 9.84 Å². The van der Waals surface area contributed by atoms with Crippen molar-refractivity contribution in [3.8, 4) is 0 Å². The number of nitrogens with one attached hydrogen (secondary N) is 1. The van der Waals surface area contributed by atoms with Crippen LogP contribution in [0.15, 0.2) is 9.59 Å². The third-order valence-corrected chi connectivity index (χ3v) is 5.32. The van der Waals surface area contributed by atoms with Gasteiger partial charge in [0.1, 0.15) is 5.15 Å². The molecule has 0 aromatic carbocycles. The number of H-pyrrole nitrogens is 1. The molecule has 2 heterocycles. The van der Waals surface area contributed by atoms with Gasteiger partial charge in [-0.15, -0.1) is 0 Å². The smallest absolute Gasteiger partial charge is 0.297 e. The minimum absolute atomic E-state index is 0.00316. The Labute approximate surface area is 115 Å². The number of sulfone groups is 1. The van der Waals surface area contributed by atoms with E-state index in [1.807, 2.05) is 0 Å². The maximum atomic E-state index is 12.3. The average molecular weight is 307 g/mol. The summed E-state index contributed by atoms with van der Waals surface area (Å²) in [4.78, 5) is 26.6. The second kappa shape index (κ2) is 4.79. The van der Waals surface area contributed by atoms with Gasteiger partial charge in [-0.2, -0.15) is 0 Å². The van der Waals surface area contributed by atoms with Gasteiger partial charge in [0, 0.05) is 0 Å². The molecule has 1 atom stereocenters. The van der Waals surface area contributed by atoms with Crippen molar-refractivity contribution in [1.82, 2.24) is 9.55 Å². The van der Waals surface area contributed by atoms with Crippen LogP contribution in [-0.4, -0.2) is 29.5 Å². The van der Waals surface area contributed by atoms with E-state index in [1.165, 1.54) is 0 Å². The highest BCUT2D eigenvalue weighted by Gasteiger charge is 2.32. The summed E-state index contributed by atoms with van der Waals surface area (Å²) in [5.41, 5.74) is -0.835. The first kappa shape index (κ1) is 14.3. The van der Waals surface area contributed by atoms with Gasteiger partial charge in [0.2, 0.25) is 0 Å². The van der Waals surface area contributed by atoms with Gasteiger partial charge in [-0.3, -0.25) is 14.3 Å². The Hall–Kier alpha value is -1.08. The predicted molar refractivity (Wildman–Crippen MR) is 72.7 cm³/mol. The van der Waals surface area contributed by atoms with Crippen LogP contribution in [0, 0.1) is 0 Å². The normalized spacial score (nSPS) is 22.0. The third kappa shape index (κ3) is 2.62. The Morgan fingerprint density at radius 1 is 1.37 bits per heavy atom. The molecule has 1 unspecified atom stereocenters. The molecule has 1 saturated heterocycles. The third-order valence-electron chi connectivity index (χ3n) is 3.27. The van der Waals surface area contributed by atoms with Gasteiger partial charge in [0.05, 0.1) is 23.1 Å². The molecule has 0 spiro atoms. The first-order valence-corrected chi connectivity index (χ1v) is 8.17. The van der Waals surface area contributed by atoms with Gasteiger partial charge in [-0.1, -0.05) is 25.4 Å². The Morgan fingerprint density at radius 2 is 2.00 bits per heavy atom. The number of nitrogens with zero attached hydrogens (tertiary/aromatic N) is 1. The summed E-state index contributed by atoms with van der Waals surface area (Å²) in [6, 6.07) is -0.601. The van der Waals surface area contributed by atoms with Gasteiger partial charge in [-0.25, -0.2) is 13.2 Å². The fourth-order valence-corrected chi connectivity index (χ4v) is 4.43. The summed E-state index contributed by atoms with van der Waals surface area (Å²) in [7, 11) is -3.17. The van der Waals surface area contributed by atoms with E-state index in [-0.39, 0.29) is 29.0 Å². The Balaban J connectivity index is 2.62. The number of rotatable bonds is 2. The summed E-state index contributed by atoms with van der Waals surface area (Å²) < 4.78 is 23.9. The van der Waals surface area contributed by atoms with Crippen molar-refractivity contribution in [2.24, 2.45) is 0 Å². The fourth-order valence-electron chi connectivity index (χ4n) is 2.35. The Morgan fingerprint density at radius 3 is 2.47 bits per heavy atom. The zero-order chi connectivity index (χ0) is 14.4. The SMILES string of the molecule is CC(C)c1c(Cl)[nH]c(=O)n(C2CCS(=O)(=O)C2)c1=O. The number of aromatic nitrogens is 2. The molecule has 1 fully saturated rings. The van der Waals surface area contributed by atoms with Gasteiger partial charge in [0.25, 0.3) is 5.56 Å². The number of aromatic amines is 1. The van der Waals surface area contributed by atoms with Crippen LogP contribution < -0.4 is 11.2 Å². The van der Waals surface area contributed by atoms with E-state index in [2.05, 4.69) is 4.98 Å². The summed E-state index contributed by atoms with van der Waals surface area (Å²) in [5.74, 6) is -0.320. The highest BCUT2D eigenvalue weighted by molar-refractivity contribution is 7.91. The lowest BCUT2D eigenvalue weighted by molar-refractivity contribution is 0.505. The molecule has 8 heteroatoms. The van der Waals surface area contributed by atoms with Crippen molar-refractivity contribution >= 4 is 21.4 Å². The van der Waals surface area contributed by atoms with E-state index in [9.17, 15) is 18.0 Å². The largest absolute Gasteiger partial charge is 0.329 e. The molecule has 1 N–H and O–H groups in total. The van der Waals surface area contributed by atoms with Crippen LogP contribution in [0.4, 0.5) is 0 Å². The van der Waals surface area contributed by atoms with Gasteiger partial charge < -0.3 is 0 Å². The number of halogens is 1. The molecule has 1 aromatic rings. The molecule has 106 valence electrons. The van der Waals surface area contributed by atoms with E-state index in [1.54, 1.807) is 13.8 Å². The van der Waals surface area contributed by atoms with Crippen LogP contribution in [0.25, 0.3) is 0 Å². The molecule has 0 bridgehead atoms. The average Bonchev–Trinajstić information content (AvgIpc) is 2.57. The lowest BCUT2D eigenvalue weighted by atomic mass is 10.1. The Bertz CT molecular complexity index is 717. The molecule has 19 heavy (non-hydrogen) atoms. The molecule has 0 radical (unpaired) electrons. The van der Waals surface area contributed by atoms with Gasteiger partial charge >= 0.3 is 5.69 Å². The first-order chi connectivity index (χ1) is 8.73. The molecule has 1 aromatic heterocycles. The molecule has 0 saturated carbocycles. The van der Waals surface area contributed by atoms with Crippen molar-refractivity contribution in [1.29, 1.82) is 0 Å². The van der Waals surface area contributed by atoms with Crippen molar-refractivity contribution in [3.63, 3.8) is 0 Å². The van der Waals surface area contributed by atoms with Crippen LogP contribution >= 0.6 is 11.6 Å². The van der Waals surface area contributed by atoms with Crippen LogP contribution in [0.3, 0.4) is 0 Å². The highest BCUT2D eigenvalue weighted by Crippen LogP contribution is 2.22. The predicted octanol–water partition coefficient (Wildman–Crippen LogP) is 0.673. The standard InChI is InChI=1S/C11H15ClN2O4S/c1-6(2)8-9(12)13-11(16)14(10(8)15)7-3-4-19(17,18)5-7/h6-7H,3-5H2,1-2H3,(H,13,16). The zero-order valence-corrected chi connectivity index (χ0v) is 12.2. The van der Waals surface area contributed by atoms with Crippen molar-refractivity contribution in [2.45, 2.75) is 32.2 Å². The van der Waals surface area contributed by atoms with Crippen LogP contribution in [0.5, 0.6) is 0 Å². The molecular formula is C11H15ClN2O4S. The van der Waals surface area contributed by atoms with Crippen LogP contribution in [0.2, 0.25) is 5.15 Å². The maximum absolute atomic E-state index is 12.3. The lowest BCUT2D eigenvalue weighted by Crippen LogP contribution is -2.40. The monoisotopic (exact) mass is 306 g/mol.